The molecule has 1 aliphatic rings. The Kier molecular flexibility index (Phi) is 4.62. The number of hydrogen-bond donors (Lipinski definition) is 2. The molecule has 1 heterocycles. The van der Waals surface area contributed by atoms with Crippen molar-refractivity contribution < 1.29 is 24.1 Å². The fourth-order valence-electron chi connectivity index (χ4n) is 2.58. The molecule has 2 aromatic rings. The van der Waals surface area contributed by atoms with Gasteiger partial charge in [-0.2, -0.15) is 0 Å². The Balaban J connectivity index is 1.63. The summed E-state index contributed by atoms with van der Waals surface area (Å²) in [6.45, 7) is -0.608. The molecular weight excluding hydrogens is 356 g/mol. The molecule has 2 aromatic carbocycles. The number of benzene rings is 2. The van der Waals surface area contributed by atoms with Crippen molar-refractivity contribution in [1.82, 2.24) is 15.8 Å². The van der Waals surface area contributed by atoms with E-state index >= 15 is 0 Å². The summed E-state index contributed by atoms with van der Waals surface area (Å²) in [5.74, 6) is -2.97. The summed E-state index contributed by atoms with van der Waals surface area (Å²) < 4.78 is 0. The predicted octanol–water partition coefficient (Wildman–Crippen LogP) is 0.652. The summed E-state index contributed by atoms with van der Waals surface area (Å²) in [4.78, 5) is 59.4. The van der Waals surface area contributed by atoms with E-state index in [0.717, 1.165) is 11.0 Å². The standard InChI is InChI=1S/C17H12N4O6/c22-14(9-20-16(24)10-5-1-2-6-11(10)17(20)25)18-19-15(23)12-7-3-4-8-13(12)21(26)27/h1-8H,9H2,(H,18,22)(H,19,23). The molecule has 0 radical (unpaired) electrons. The SMILES string of the molecule is O=C(CN1C(=O)c2ccccc2C1=O)NNC(=O)c1ccccc1[N+](=O)[O-]. The molecule has 10 heteroatoms. The first-order valence-corrected chi connectivity index (χ1v) is 7.68. The van der Waals surface area contributed by atoms with Gasteiger partial charge in [0.25, 0.3) is 29.3 Å². The van der Waals surface area contributed by atoms with Gasteiger partial charge in [-0.3, -0.25) is 45.0 Å². The van der Waals surface area contributed by atoms with Gasteiger partial charge in [-0.1, -0.05) is 24.3 Å². The van der Waals surface area contributed by atoms with Crippen molar-refractivity contribution in [3.8, 4) is 0 Å². The summed E-state index contributed by atoms with van der Waals surface area (Å²) in [7, 11) is 0. The van der Waals surface area contributed by atoms with Gasteiger partial charge in [0, 0.05) is 6.07 Å². The lowest BCUT2D eigenvalue weighted by molar-refractivity contribution is -0.385. The number of nitro groups is 1. The topological polar surface area (TPSA) is 139 Å². The fourth-order valence-corrected chi connectivity index (χ4v) is 2.58. The van der Waals surface area contributed by atoms with Gasteiger partial charge in [0.1, 0.15) is 12.1 Å². The third-order valence-corrected chi connectivity index (χ3v) is 3.84. The smallest absolute Gasteiger partial charge is 0.271 e. The van der Waals surface area contributed by atoms with Crippen LogP contribution in [0, 0.1) is 10.1 Å². The van der Waals surface area contributed by atoms with Crippen LogP contribution in [0.3, 0.4) is 0 Å². The second-order valence-electron chi connectivity index (χ2n) is 5.52. The maximum absolute atomic E-state index is 12.2. The van der Waals surface area contributed by atoms with Crippen LogP contribution in [0.5, 0.6) is 0 Å². The number of hydrazine groups is 1. The molecule has 0 aliphatic carbocycles. The van der Waals surface area contributed by atoms with E-state index in [1.165, 1.54) is 30.3 Å². The maximum atomic E-state index is 12.2. The summed E-state index contributed by atoms with van der Waals surface area (Å²) in [6, 6.07) is 11.4. The van der Waals surface area contributed by atoms with E-state index in [9.17, 15) is 29.3 Å². The van der Waals surface area contributed by atoms with Crippen LogP contribution < -0.4 is 10.9 Å². The number of carbonyl (C=O) groups excluding carboxylic acids is 4. The van der Waals surface area contributed by atoms with Crippen LogP contribution in [-0.2, 0) is 4.79 Å². The van der Waals surface area contributed by atoms with Crippen molar-refractivity contribution in [2.24, 2.45) is 0 Å². The van der Waals surface area contributed by atoms with Crippen molar-refractivity contribution in [3.05, 3.63) is 75.3 Å². The van der Waals surface area contributed by atoms with Crippen LogP contribution in [-0.4, -0.2) is 40.0 Å². The zero-order valence-corrected chi connectivity index (χ0v) is 13.7. The van der Waals surface area contributed by atoms with Gasteiger partial charge in [-0.05, 0) is 18.2 Å². The highest BCUT2D eigenvalue weighted by molar-refractivity contribution is 6.22. The fraction of sp³-hybridized carbons (Fsp3) is 0.0588. The van der Waals surface area contributed by atoms with Gasteiger partial charge in [-0.25, -0.2) is 0 Å². The number of rotatable bonds is 4. The Morgan fingerprint density at radius 2 is 1.48 bits per heavy atom. The van der Waals surface area contributed by atoms with Crippen LogP contribution in [0.1, 0.15) is 31.1 Å². The normalized spacial score (nSPS) is 12.5. The van der Waals surface area contributed by atoms with E-state index in [1.54, 1.807) is 12.1 Å². The molecule has 0 unspecified atom stereocenters. The van der Waals surface area contributed by atoms with Crippen LogP contribution in [0.4, 0.5) is 5.69 Å². The number of carbonyl (C=O) groups is 4. The molecule has 0 saturated carbocycles. The van der Waals surface area contributed by atoms with E-state index in [2.05, 4.69) is 0 Å². The summed E-state index contributed by atoms with van der Waals surface area (Å²) >= 11 is 0. The minimum Gasteiger partial charge on any atom is -0.271 e. The summed E-state index contributed by atoms with van der Waals surface area (Å²) in [6.07, 6.45) is 0. The third-order valence-electron chi connectivity index (χ3n) is 3.84. The third kappa shape index (κ3) is 3.35. The van der Waals surface area contributed by atoms with E-state index in [0.29, 0.717) is 0 Å². The molecule has 1 aliphatic heterocycles. The van der Waals surface area contributed by atoms with Crippen LogP contribution in [0.15, 0.2) is 48.5 Å². The molecule has 0 aromatic heterocycles. The zero-order valence-electron chi connectivity index (χ0n) is 13.7. The average molecular weight is 368 g/mol. The van der Waals surface area contributed by atoms with Gasteiger partial charge in [0.05, 0.1) is 16.1 Å². The largest absolute Gasteiger partial charge is 0.282 e. The lowest BCUT2D eigenvalue weighted by atomic mass is 10.1. The second-order valence-corrected chi connectivity index (χ2v) is 5.52. The molecule has 0 fully saturated rings. The first kappa shape index (κ1) is 17.7. The zero-order chi connectivity index (χ0) is 19.6. The Labute approximate surface area is 151 Å². The van der Waals surface area contributed by atoms with Gasteiger partial charge in [0.15, 0.2) is 0 Å². The highest BCUT2D eigenvalue weighted by atomic mass is 16.6. The van der Waals surface area contributed by atoms with E-state index in [1.807, 2.05) is 10.9 Å². The van der Waals surface area contributed by atoms with E-state index < -0.39 is 40.8 Å². The van der Waals surface area contributed by atoms with Crippen molar-refractivity contribution in [2.45, 2.75) is 0 Å². The Bertz CT molecular complexity index is 952. The molecule has 2 N–H and O–H groups in total. The Hall–Kier alpha value is -4.08. The molecule has 136 valence electrons. The lowest BCUT2D eigenvalue weighted by Gasteiger charge is -2.14. The van der Waals surface area contributed by atoms with Crippen molar-refractivity contribution >= 4 is 29.3 Å². The van der Waals surface area contributed by atoms with E-state index in [4.69, 9.17) is 0 Å². The molecule has 0 bridgehead atoms. The summed E-state index contributed by atoms with van der Waals surface area (Å²) in [5.41, 5.74) is 3.78. The highest BCUT2D eigenvalue weighted by Gasteiger charge is 2.36. The molecule has 27 heavy (non-hydrogen) atoms. The molecule has 0 spiro atoms. The molecule has 0 saturated heterocycles. The number of fused-ring (bicyclic) bond motifs is 1. The minimum atomic E-state index is -0.905. The predicted molar refractivity (Wildman–Crippen MR) is 90.5 cm³/mol. The van der Waals surface area contributed by atoms with Gasteiger partial charge < -0.3 is 0 Å². The van der Waals surface area contributed by atoms with E-state index in [-0.39, 0.29) is 16.7 Å². The van der Waals surface area contributed by atoms with Crippen molar-refractivity contribution in [2.75, 3.05) is 6.54 Å². The summed E-state index contributed by atoms with van der Waals surface area (Å²) in [5, 5.41) is 10.9. The van der Waals surface area contributed by atoms with Crippen LogP contribution in [0.25, 0.3) is 0 Å². The molecule has 0 atom stereocenters. The average Bonchev–Trinajstić information content (AvgIpc) is 2.91. The maximum Gasteiger partial charge on any atom is 0.282 e. The number of nitrogens with zero attached hydrogens (tertiary/aromatic N) is 2. The lowest BCUT2D eigenvalue weighted by Crippen LogP contribution is -2.47. The second kappa shape index (κ2) is 7.04. The Morgan fingerprint density at radius 3 is 2.07 bits per heavy atom. The first-order valence-electron chi connectivity index (χ1n) is 7.68. The minimum absolute atomic E-state index is 0.194. The van der Waals surface area contributed by atoms with Gasteiger partial charge in [0.2, 0.25) is 0 Å². The monoisotopic (exact) mass is 368 g/mol. The van der Waals surface area contributed by atoms with Crippen LogP contribution >= 0.6 is 0 Å². The Morgan fingerprint density at radius 1 is 0.926 bits per heavy atom. The van der Waals surface area contributed by atoms with Crippen LogP contribution in [0.2, 0.25) is 0 Å². The molecule has 4 amide bonds. The number of imide groups is 1. The van der Waals surface area contributed by atoms with Gasteiger partial charge in [-0.15, -0.1) is 0 Å². The quantitative estimate of drug-likeness (QED) is 0.461. The number of nitro benzene ring substituents is 1. The number of amides is 4. The van der Waals surface area contributed by atoms with Crippen molar-refractivity contribution in [3.63, 3.8) is 0 Å². The van der Waals surface area contributed by atoms with Gasteiger partial charge >= 0.3 is 0 Å². The highest BCUT2D eigenvalue weighted by Crippen LogP contribution is 2.22. The molecular formula is C17H12N4O6. The number of para-hydroxylation sites is 1. The number of nitrogens with one attached hydrogen (secondary N) is 2. The van der Waals surface area contributed by atoms with Crippen molar-refractivity contribution in [1.29, 1.82) is 0 Å². The molecule has 10 nitrogen and oxygen atoms in total. The molecule has 3 rings (SSSR count). The number of hydrogen-bond acceptors (Lipinski definition) is 6. The first-order chi connectivity index (χ1) is 12.9.